The van der Waals surface area contributed by atoms with E-state index in [1.54, 1.807) is 24.5 Å². The zero-order valence-corrected chi connectivity index (χ0v) is 12.5. The first-order chi connectivity index (χ1) is 10.2. The van der Waals surface area contributed by atoms with Crippen LogP contribution in [-0.2, 0) is 0 Å². The topological polar surface area (TPSA) is 70.7 Å². The van der Waals surface area contributed by atoms with Crippen LogP contribution in [0.5, 0.6) is 0 Å². The van der Waals surface area contributed by atoms with E-state index in [-0.39, 0.29) is 5.91 Å². The fraction of sp³-hybridized carbons (Fsp3) is 0. The zero-order valence-electron chi connectivity index (χ0n) is 10.9. The summed E-state index contributed by atoms with van der Waals surface area (Å²) in [6, 6.07) is 12.9. The van der Waals surface area contributed by atoms with Gasteiger partial charge in [-0.1, -0.05) is 12.1 Å². The molecule has 0 saturated carbocycles. The molecule has 0 fully saturated rings. The predicted molar refractivity (Wildman–Crippen MR) is 83.9 cm³/mol. The minimum Gasteiger partial charge on any atom is -0.322 e. The molecule has 1 aromatic carbocycles. The van der Waals surface area contributed by atoms with Crippen LogP contribution in [0.4, 0.5) is 5.69 Å². The first-order valence-corrected chi connectivity index (χ1v) is 7.05. The van der Waals surface area contributed by atoms with Crippen LogP contribution in [0.25, 0.3) is 11.3 Å². The van der Waals surface area contributed by atoms with E-state index >= 15 is 0 Å². The Morgan fingerprint density at radius 1 is 1.10 bits per heavy atom. The second-order valence-corrected chi connectivity index (χ2v) is 5.09. The van der Waals surface area contributed by atoms with Crippen molar-refractivity contribution in [1.82, 2.24) is 15.2 Å². The summed E-state index contributed by atoms with van der Waals surface area (Å²) < 4.78 is 0.525. The molecule has 0 bridgehead atoms. The Hall–Kier alpha value is -2.47. The number of nitrogens with zero attached hydrogens (tertiary/aromatic N) is 2. The second-order valence-electron chi connectivity index (χ2n) is 4.34. The molecule has 2 aromatic heterocycles. The molecule has 3 rings (SSSR count). The average Bonchev–Trinajstić information content (AvgIpc) is 3.02. The lowest BCUT2D eigenvalue weighted by atomic mass is 10.1. The van der Waals surface area contributed by atoms with E-state index in [4.69, 9.17) is 0 Å². The van der Waals surface area contributed by atoms with Gasteiger partial charge in [0.15, 0.2) is 0 Å². The number of carbonyl (C=O) groups excluding carboxylic acids is 1. The van der Waals surface area contributed by atoms with Gasteiger partial charge in [-0.2, -0.15) is 5.10 Å². The largest absolute Gasteiger partial charge is 0.322 e. The number of hydrogen-bond donors (Lipinski definition) is 2. The molecule has 0 atom stereocenters. The maximum absolute atomic E-state index is 12.2. The van der Waals surface area contributed by atoms with Crippen molar-refractivity contribution >= 4 is 27.5 Å². The van der Waals surface area contributed by atoms with Crippen LogP contribution in [0.3, 0.4) is 0 Å². The van der Waals surface area contributed by atoms with Crippen LogP contribution in [0.15, 0.2) is 59.5 Å². The van der Waals surface area contributed by atoms with Crippen LogP contribution in [0.1, 0.15) is 10.4 Å². The monoisotopic (exact) mass is 342 g/mol. The third-order valence-electron chi connectivity index (χ3n) is 2.96. The molecule has 0 aliphatic rings. The molecule has 1 amide bonds. The van der Waals surface area contributed by atoms with Gasteiger partial charge < -0.3 is 5.32 Å². The molecule has 0 spiro atoms. The van der Waals surface area contributed by atoms with Crippen molar-refractivity contribution in [3.63, 3.8) is 0 Å². The molecule has 2 N–H and O–H groups in total. The van der Waals surface area contributed by atoms with E-state index in [1.807, 2.05) is 30.3 Å². The van der Waals surface area contributed by atoms with E-state index in [9.17, 15) is 4.79 Å². The number of rotatable bonds is 3. The number of H-pyrrole nitrogens is 1. The number of anilines is 1. The van der Waals surface area contributed by atoms with Crippen molar-refractivity contribution in [2.75, 3.05) is 5.32 Å². The van der Waals surface area contributed by atoms with Crippen LogP contribution in [0.2, 0.25) is 0 Å². The van der Waals surface area contributed by atoms with E-state index in [1.165, 1.54) is 0 Å². The molecule has 0 aliphatic heterocycles. The number of pyridine rings is 1. The molecule has 6 heteroatoms. The van der Waals surface area contributed by atoms with Gasteiger partial charge in [0.25, 0.3) is 5.91 Å². The minimum absolute atomic E-state index is 0.204. The Balaban J connectivity index is 1.77. The first kappa shape index (κ1) is 13.5. The first-order valence-electron chi connectivity index (χ1n) is 6.26. The highest BCUT2D eigenvalue weighted by Gasteiger charge is 2.10. The highest BCUT2D eigenvalue weighted by Crippen LogP contribution is 2.20. The van der Waals surface area contributed by atoms with Crippen LogP contribution in [0, 0.1) is 0 Å². The smallest absolute Gasteiger partial charge is 0.258 e. The molecule has 104 valence electrons. The van der Waals surface area contributed by atoms with Crippen molar-refractivity contribution < 1.29 is 4.79 Å². The van der Waals surface area contributed by atoms with Crippen molar-refractivity contribution in [1.29, 1.82) is 0 Å². The van der Waals surface area contributed by atoms with Gasteiger partial charge in [0.1, 0.15) is 4.60 Å². The lowest BCUT2D eigenvalue weighted by Crippen LogP contribution is -2.12. The third kappa shape index (κ3) is 3.00. The van der Waals surface area contributed by atoms with Gasteiger partial charge in [0.05, 0.1) is 11.3 Å². The summed E-state index contributed by atoms with van der Waals surface area (Å²) >= 11 is 3.26. The fourth-order valence-corrected chi connectivity index (χ4v) is 2.33. The number of aromatic amines is 1. The van der Waals surface area contributed by atoms with Crippen molar-refractivity contribution in [3.05, 3.63) is 65.0 Å². The standard InChI is InChI=1S/C15H11BrN4O/c16-14-12(2-1-8-17-14)15(21)19-11-5-3-10(4-6-11)13-7-9-18-20-13/h1-9H,(H,18,20)(H,19,21). The van der Waals surface area contributed by atoms with Crippen molar-refractivity contribution in [2.24, 2.45) is 0 Å². The van der Waals surface area contributed by atoms with Crippen LogP contribution < -0.4 is 5.32 Å². The van der Waals surface area contributed by atoms with Gasteiger partial charge in [-0.3, -0.25) is 9.89 Å². The molecular weight excluding hydrogens is 332 g/mol. The lowest BCUT2D eigenvalue weighted by molar-refractivity contribution is 0.102. The summed E-state index contributed by atoms with van der Waals surface area (Å²) in [4.78, 5) is 16.2. The van der Waals surface area contributed by atoms with Crippen molar-refractivity contribution in [2.45, 2.75) is 0 Å². The summed E-state index contributed by atoms with van der Waals surface area (Å²) in [7, 11) is 0. The Bertz CT molecular complexity index is 754. The van der Waals surface area contributed by atoms with Gasteiger partial charge in [-0.25, -0.2) is 4.98 Å². The number of amides is 1. The fourth-order valence-electron chi connectivity index (χ4n) is 1.90. The highest BCUT2D eigenvalue weighted by molar-refractivity contribution is 9.10. The Labute approximate surface area is 129 Å². The molecule has 0 unspecified atom stereocenters. The molecule has 0 aliphatic carbocycles. The van der Waals surface area contributed by atoms with E-state index in [2.05, 4.69) is 36.4 Å². The molecule has 0 radical (unpaired) electrons. The quantitative estimate of drug-likeness (QED) is 0.715. The van der Waals surface area contributed by atoms with Crippen LogP contribution in [-0.4, -0.2) is 21.1 Å². The summed E-state index contributed by atoms with van der Waals surface area (Å²) in [6.07, 6.45) is 3.32. The van der Waals surface area contributed by atoms with Gasteiger partial charge >= 0.3 is 0 Å². The highest BCUT2D eigenvalue weighted by atomic mass is 79.9. The Morgan fingerprint density at radius 3 is 2.57 bits per heavy atom. The van der Waals surface area contributed by atoms with E-state index in [0.717, 1.165) is 16.9 Å². The Kier molecular flexibility index (Phi) is 3.79. The summed E-state index contributed by atoms with van der Waals surface area (Å²) in [5.74, 6) is -0.204. The zero-order chi connectivity index (χ0) is 14.7. The molecule has 3 aromatic rings. The number of nitrogens with one attached hydrogen (secondary N) is 2. The number of carbonyl (C=O) groups is 1. The molecule has 0 saturated heterocycles. The van der Waals surface area contributed by atoms with Gasteiger partial charge in [0.2, 0.25) is 0 Å². The molecule has 5 nitrogen and oxygen atoms in total. The molecule has 2 heterocycles. The molecular formula is C15H11BrN4O. The van der Waals surface area contributed by atoms with Gasteiger partial charge in [-0.15, -0.1) is 0 Å². The summed E-state index contributed by atoms with van der Waals surface area (Å²) in [5, 5.41) is 9.64. The lowest BCUT2D eigenvalue weighted by Gasteiger charge is -2.07. The normalized spacial score (nSPS) is 10.3. The van der Waals surface area contributed by atoms with E-state index < -0.39 is 0 Å². The van der Waals surface area contributed by atoms with Crippen molar-refractivity contribution in [3.8, 4) is 11.3 Å². The van der Waals surface area contributed by atoms with E-state index in [0.29, 0.717) is 10.2 Å². The number of benzene rings is 1. The number of aromatic nitrogens is 3. The molecule has 21 heavy (non-hydrogen) atoms. The predicted octanol–water partition coefficient (Wildman–Crippen LogP) is 3.49. The Morgan fingerprint density at radius 2 is 1.90 bits per heavy atom. The van der Waals surface area contributed by atoms with Crippen LogP contribution >= 0.6 is 15.9 Å². The number of halogens is 1. The van der Waals surface area contributed by atoms with Gasteiger partial charge in [-0.05, 0) is 51.8 Å². The maximum Gasteiger partial charge on any atom is 0.258 e. The average molecular weight is 343 g/mol. The minimum atomic E-state index is -0.204. The number of hydrogen-bond acceptors (Lipinski definition) is 3. The third-order valence-corrected chi connectivity index (χ3v) is 3.59. The van der Waals surface area contributed by atoms with Gasteiger partial charge in [0, 0.05) is 18.1 Å². The summed E-state index contributed by atoms with van der Waals surface area (Å²) in [6.45, 7) is 0. The summed E-state index contributed by atoms with van der Waals surface area (Å²) in [5.41, 5.74) is 3.16. The maximum atomic E-state index is 12.2. The SMILES string of the molecule is O=C(Nc1ccc(-c2ccn[nH]2)cc1)c1cccnc1Br. The second kappa shape index (κ2) is 5.88.